The van der Waals surface area contributed by atoms with Crippen molar-refractivity contribution in [3.05, 3.63) is 0 Å². The number of rotatable bonds is 9. The molecule has 0 unspecified atom stereocenters. The van der Waals surface area contributed by atoms with E-state index < -0.39 is 35.8 Å². The maximum absolute atomic E-state index is 2.91. The zero-order valence-electron chi connectivity index (χ0n) is 18.2. The van der Waals surface area contributed by atoms with Gasteiger partial charge in [0, 0.05) is 0 Å². The highest BCUT2D eigenvalue weighted by molar-refractivity contribution is 6.79. The molecule has 0 rings (SSSR count). The number of hydrogen-bond acceptors (Lipinski definition) is 4. The fourth-order valence-electron chi connectivity index (χ4n) is 2.55. The van der Waals surface area contributed by atoms with Crippen LogP contribution in [0, 0.1) is 0 Å². The molecule has 0 atom stereocenters. The van der Waals surface area contributed by atoms with Crippen molar-refractivity contribution in [2.24, 2.45) is 0 Å². The molecule has 0 radical (unpaired) electrons. The summed E-state index contributed by atoms with van der Waals surface area (Å²) >= 11 is 0. The Morgan fingerprint density at radius 3 is 1.09 bits per heavy atom. The van der Waals surface area contributed by atoms with Gasteiger partial charge in [0.05, 0.1) is 35.8 Å². The van der Waals surface area contributed by atoms with Crippen LogP contribution in [0.5, 0.6) is 0 Å². The molecule has 0 bridgehead atoms. The van der Waals surface area contributed by atoms with Crippen molar-refractivity contribution in [2.45, 2.75) is 59.3 Å². The van der Waals surface area contributed by atoms with Gasteiger partial charge in [0.1, 0.15) is 0 Å². The Kier molecular flexibility index (Phi) is 16.4. The Morgan fingerprint density at radius 1 is 0.609 bits per heavy atom. The molecule has 10 heteroatoms. The summed E-state index contributed by atoms with van der Waals surface area (Å²) in [4.78, 5) is 0. The van der Waals surface area contributed by atoms with Crippen molar-refractivity contribution >= 4 is 55.5 Å². The smallest absolute Gasteiger partial charge is 0.159 e. The third-order valence-electron chi connectivity index (χ3n) is 4.04. The van der Waals surface area contributed by atoms with Crippen LogP contribution in [0.3, 0.4) is 0 Å². The zero-order valence-corrected chi connectivity index (χ0v) is 25.7. The van der Waals surface area contributed by atoms with Crippen LogP contribution in [0.4, 0.5) is 0 Å². The van der Waals surface area contributed by atoms with Gasteiger partial charge in [-0.05, 0) is 27.7 Å². The van der Waals surface area contributed by atoms with E-state index in [1.165, 1.54) is 6.54 Å². The van der Waals surface area contributed by atoms with Crippen LogP contribution in [0.1, 0.15) is 6.92 Å². The Morgan fingerprint density at radius 2 is 0.913 bits per heavy atom. The van der Waals surface area contributed by atoms with Crippen molar-refractivity contribution in [3.63, 3.8) is 0 Å². The summed E-state index contributed by atoms with van der Waals surface area (Å²) < 4.78 is 10.7. The molecule has 0 saturated heterocycles. The Bertz CT molecular complexity index is 263. The topological polar surface area (TPSA) is 13.0 Å². The van der Waals surface area contributed by atoms with Gasteiger partial charge in [0.25, 0.3) is 0 Å². The van der Waals surface area contributed by atoms with E-state index in [0.717, 1.165) is 0 Å². The average Bonchev–Trinajstić information content (AvgIpc) is 2.40. The van der Waals surface area contributed by atoms with Crippen LogP contribution in [-0.2, 0) is 0 Å². The Labute approximate surface area is 159 Å². The highest BCUT2D eigenvalue weighted by Crippen LogP contribution is 1.99. The second-order valence-electron chi connectivity index (χ2n) is 7.94. The molecule has 0 N–H and O–H groups in total. The normalized spacial score (nSPS) is 13.6. The van der Waals surface area contributed by atoms with E-state index in [1.807, 2.05) is 0 Å². The maximum atomic E-state index is 2.91. The van der Waals surface area contributed by atoms with Gasteiger partial charge in [-0.25, -0.2) is 0 Å². The molecule has 0 aromatic rings. The van der Waals surface area contributed by atoms with Crippen molar-refractivity contribution in [1.29, 1.82) is 0 Å². The molecule has 0 fully saturated rings. The van der Waals surface area contributed by atoms with E-state index in [4.69, 9.17) is 0 Å². The molecule has 4 nitrogen and oxygen atoms in total. The molecule has 0 aliphatic rings. The monoisotopic (exact) mass is 426 g/mol. The predicted molar refractivity (Wildman–Crippen MR) is 128 cm³/mol. The van der Waals surface area contributed by atoms with E-state index in [1.54, 1.807) is 0 Å². The predicted octanol–water partition coefficient (Wildman–Crippen LogP) is 0.0213. The van der Waals surface area contributed by atoms with Crippen molar-refractivity contribution in [1.82, 2.24) is 16.9 Å². The van der Waals surface area contributed by atoms with E-state index in [-0.39, 0.29) is 19.7 Å². The first-order valence-corrected chi connectivity index (χ1v) is 23.1. The Balaban J connectivity index is 0. The average molecular weight is 427 g/mol. The third-order valence-corrected chi connectivity index (χ3v) is 29.4. The van der Waals surface area contributed by atoms with E-state index in [0.29, 0.717) is 0 Å². The van der Waals surface area contributed by atoms with Gasteiger partial charge < -0.3 is 16.9 Å². The van der Waals surface area contributed by atoms with Crippen molar-refractivity contribution in [2.75, 3.05) is 27.7 Å². The molecule has 0 spiro atoms. The molecule has 0 aliphatic carbocycles. The molecule has 142 valence electrons. The van der Waals surface area contributed by atoms with Crippen LogP contribution < -0.4 is 0 Å². The zero-order chi connectivity index (χ0) is 18.7. The maximum Gasteiger partial charge on any atom is 0.159 e. The van der Waals surface area contributed by atoms with Crippen LogP contribution in [0.15, 0.2) is 0 Å². The molecule has 0 aromatic heterocycles. The summed E-state index contributed by atoms with van der Waals surface area (Å²) in [6.45, 7) is 23.1. The molecule has 23 heavy (non-hydrogen) atoms. The number of nitrogens with zero attached hydrogens (tertiary/aromatic N) is 4. The van der Waals surface area contributed by atoms with Crippen LogP contribution in [0.25, 0.3) is 0 Å². The summed E-state index contributed by atoms with van der Waals surface area (Å²) in [5, 5.41) is 0. The summed E-state index contributed by atoms with van der Waals surface area (Å²) in [6, 6.07) is 0. The van der Waals surface area contributed by atoms with Gasteiger partial charge in [-0.15, -0.1) is 0 Å². The minimum atomic E-state index is -0.498. The van der Waals surface area contributed by atoms with Gasteiger partial charge >= 0.3 is 0 Å². The summed E-state index contributed by atoms with van der Waals surface area (Å²) in [5.41, 5.74) is 0. The van der Waals surface area contributed by atoms with Gasteiger partial charge in [0.15, 0.2) is 19.7 Å². The first-order chi connectivity index (χ1) is 10.4. The fraction of sp³-hybridized carbons (Fsp3) is 1.00. The molecule has 0 amide bonds. The molecular formula is C13H46N4Si6. The second-order valence-corrected chi connectivity index (χ2v) is 27.8. The van der Waals surface area contributed by atoms with Crippen LogP contribution in [0.2, 0.25) is 52.4 Å². The second kappa shape index (κ2) is 14.3. The quantitative estimate of drug-likeness (QED) is 0.482. The lowest BCUT2D eigenvalue weighted by Gasteiger charge is -2.32. The standard InChI is InChI=1S/C7H24N2Si3.C6H22N2Si3/c1-7-8(2)10-9(11(3)4)12(5)6;1-7(2)9-8(10(3)4)11(5)6/h11-12H,7,10H2,1-6H3;10-11H,9H2,1-6H3. The molecule has 0 saturated carbocycles. The SMILES string of the molecule is CCN(C)[SiH2]N([SiH](C)C)[SiH](C)C.CN(C)[SiH2]N([SiH](C)C)[SiH](C)C. The lowest BCUT2D eigenvalue weighted by Crippen LogP contribution is -2.51. The molecule has 0 aliphatic heterocycles. The largest absolute Gasteiger partial charge is 0.366 e. The highest BCUT2D eigenvalue weighted by atomic mass is 28.4. The summed E-state index contributed by atoms with van der Waals surface area (Å²) in [6.07, 6.45) is 0. The van der Waals surface area contributed by atoms with Crippen molar-refractivity contribution < 1.29 is 0 Å². The Hall–Kier alpha value is 1.14. The molecule has 0 aromatic carbocycles. The van der Waals surface area contributed by atoms with Crippen LogP contribution >= 0.6 is 0 Å². The van der Waals surface area contributed by atoms with Gasteiger partial charge in [-0.2, -0.15) is 0 Å². The van der Waals surface area contributed by atoms with Gasteiger partial charge in [-0.3, -0.25) is 0 Å². The summed E-state index contributed by atoms with van der Waals surface area (Å²) in [7, 11) is 4.64. The first kappa shape index (κ1) is 26.4. The molecule has 0 heterocycles. The highest BCUT2D eigenvalue weighted by Gasteiger charge is 2.16. The van der Waals surface area contributed by atoms with E-state index in [2.05, 4.69) is 97.4 Å². The minimum Gasteiger partial charge on any atom is -0.366 e. The van der Waals surface area contributed by atoms with Crippen molar-refractivity contribution in [3.8, 4) is 0 Å². The lowest BCUT2D eigenvalue weighted by molar-refractivity contribution is 0.547. The van der Waals surface area contributed by atoms with E-state index in [9.17, 15) is 0 Å². The fourth-order valence-corrected chi connectivity index (χ4v) is 22.4. The lowest BCUT2D eigenvalue weighted by atomic mass is 10.8. The number of hydrogen-bond donors (Lipinski definition) is 0. The summed E-state index contributed by atoms with van der Waals surface area (Å²) in [5.74, 6) is 0. The molecular weight excluding hydrogens is 381 g/mol. The van der Waals surface area contributed by atoms with Gasteiger partial charge in [-0.1, -0.05) is 59.3 Å². The minimum absolute atomic E-state index is 0.0448. The van der Waals surface area contributed by atoms with Crippen LogP contribution in [-0.4, -0.2) is 100 Å². The van der Waals surface area contributed by atoms with Gasteiger partial charge in [0.2, 0.25) is 0 Å². The van der Waals surface area contributed by atoms with E-state index >= 15 is 0 Å². The first-order valence-electron chi connectivity index (χ1n) is 9.28. The third kappa shape index (κ3) is 14.0.